The molecule has 0 bridgehead atoms. The summed E-state index contributed by atoms with van der Waals surface area (Å²) >= 11 is 0. The van der Waals surface area contributed by atoms with Crippen molar-refractivity contribution < 1.29 is 27.9 Å². The van der Waals surface area contributed by atoms with Crippen LogP contribution in [0.2, 0.25) is 0 Å². The van der Waals surface area contributed by atoms with Crippen LogP contribution >= 0.6 is 0 Å². The van der Waals surface area contributed by atoms with Gasteiger partial charge in [-0.1, -0.05) is 30.3 Å². The predicted octanol–water partition coefficient (Wildman–Crippen LogP) is 2.16. The molecule has 30 heavy (non-hydrogen) atoms. The number of carboxylic acids is 1. The van der Waals surface area contributed by atoms with Crippen molar-refractivity contribution in [1.82, 2.24) is 19.8 Å². The summed E-state index contributed by atoms with van der Waals surface area (Å²) < 4.78 is 33.8. The first-order chi connectivity index (χ1) is 14.1. The Morgan fingerprint density at radius 1 is 1.33 bits per heavy atom. The molecule has 162 valence electrons. The fourth-order valence-electron chi connectivity index (χ4n) is 4.11. The number of halogens is 3. The second-order valence-electron chi connectivity index (χ2n) is 7.55. The number of likely N-dealkylation sites (tertiary alicyclic amines) is 1. The van der Waals surface area contributed by atoms with Gasteiger partial charge in [-0.25, -0.2) is 9.78 Å². The second kappa shape index (κ2) is 8.47. The molecule has 7 nitrogen and oxygen atoms in total. The van der Waals surface area contributed by atoms with Crippen LogP contribution in [0.1, 0.15) is 23.7 Å². The molecule has 1 aromatic carbocycles. The summed E-state index contributed by atoms with van der Waals surface area (Å²) in [5, 5.41) is 10.2. The van der Waals surface area contributed by atoms with Crippen LogP contribution in [0.5, 0.6) is 0 Å². The van der Waals surface area contributed by atoms with Crippen molar-refractivity contribution in [2.45, 2.75) is 25.1 Å². The summed E-state index contributed by atoms with van der Waals surface area (Å²) in [5.41, 5.74) is 0.983. The number of alkyl halides is 3. The number of carbonyl (C=O) groups is 2. The predicted molar refractivity (Wildman–Crippen MR) is 101 cm³/mol. The van der Waals surface area contributed by atoms with Crippen LogP contribution in [0.15, 0.2) is 42.7 Å². The highest BCUT2D eigenvalue weighted by atomic mass is 19.4. The van der Waals surface area contributed by atoms with Gasteiger partial charge < -0.3 is 15.0 Å². The number of hydrogen-bond acceptors (Lipinski definition) is 4. The lowest BCUT2D eigenvalue weighted by Crippen LogP contribution is -2.37. The Hall–Kier alpha value is -2.88. The molecule has 1 aromatic heterocycles. The molecule has 2 aromatic rings. The van der Waals surface area contributed by atoms with Gasteiger partial charge >= 0.3 is 12.1 Å². The number of benzene rings is 1. The van der Waals surface area contributed by atoms with Gasteiger partial charge in [-0.05, 0) is 18.5 Å². The Kier molecular flexibility index (Phi) is 6.16. The highest BCUT2D eigenvalue weighted by molar-refractivity contribution is 5.87. The van der Waals surface area contributed by atoms with Crippen LogP contribution in [0.25, 0.3) is 0 Å². The first kappa shape index (κ1) is 21.8. The van der Waals surface area contributed by atoms with E-state index in [1.807, 2.05) is 30.1 Å². The van der Waals surface area contributed by atoms with E-state index in [1.54, 1.807) is 0 Å². The fraction of sp³-hybridized carbons (Fsp3) is 0.450. The van der Waals surface area contributed by atoms with Crippen LogP contribution in [-0.2, 0) is 23.2 Å². The zero-order valence-corrected chi connectivity index (χ0v) is 16.4. The standard InChI is InChI=1S/C18H22N4O.C2HF3O2/c1-21-10-8-19-16(21)12-22-9-7-18(13-22)15(11-20-17(18)23)14-5-3-2-4-6-14;3-2(4,5)1(6)7/h2-6,8,10,15H,7,9,11-13H2,1H3,(H,20,23);(H,6,7). The fourth-order valence-corrected chi connectivity index (χ4v) is 4.11. The molecule has 2 aliphatic heterocycles. The highest BCUT2D eigenvalue weighted by Crippen LogP contribution is 2.47. The summed E-state index contributed by atoms with van der Waals surface area (Å²) in [7, 11) is 2.02. The number of amides is 1. The number of carbonyl (C=O) groups excluding carboxylic acids is 1. The Balaban J connectivity index is 0.000000318. The quantitative estimate of drug-likeness (QED) is 0.789. The van der Waals surface area contributed by atoms with E-state index in [0.29, 0.717) is 0 Å². The van der Waals surface area contributed by atoms with Crippen LogP contribution in [0.3, 0.4) is 0 Å². The largest absolute Gasteiger partial charge is 0.490 e. The smallest absolute Gasteiger partial charge is 0.475 e. The maximum Gasteiger partial charge on any atom is 0.490 e. The van der Waals surface area contributed by atoms with E-state index in [4.69, 9.17) is 9.90 Å². The molecule has 0 saturated carbocycles. The first-order valence-electron chi connectivity index (χ1n) is 9.45. The van der Waals surface area contributed by atoms with E-state index < -0.39 is 12.1 Å². The maximum atomic E-state index is 12.6. The van der Waals surface area contributed by atoms with Gasteiger partial charge in [0.05, 0.1) is 12.0 Å². The van der Waals surface area contributed by atoms with E-state index in [0.717, 1.165) is 38.4 Å². The lowest BCUT2D eigenvalue weighted by atomic mass is 9.73. The molecule has 2 fully saturated rings. The number of aliphatic carboxylic acids is 1. The molecule has 1 spiro atoms. The summed E-state index contributed by atoms with van der Waals surface area (Å²) in [6, 6.07) is 10.4. The third-order valence-electron chi connectivity index (χ3n) is 5.70. The molecule has 0 radical (unpaired) electrons. The molecule has 2 saturated heterocycles. The van der Waals surface area contributed by atoms with Gasteiger partial charge in [0.1, 0.15) is 5.82 Å². The number of nitrogens with one attached hydrogen (secondary N) is 1. The Morgan fingerprint density at radius 2 is 2.00 bits per heavy atom. The number of imidazole rings is 1. The first-order valence-corrected chi connectivity index (χ1v) is 9.45. The maximum absolute atomic E-state index is 12.6. The van der Waals surface area contributed by atoms with E-state index in [9.17, 15) is 18.0 Å². The van der Waals surface area contributed by atoms with E-state index in [1.165, 1.54) is 5.56 Å². The Morgan fingerprint density at radius 3 is 2.57 bits per heavy atom. The molecule has 2 unspecified atom stereocenters. The van der Waals surface area contributed by atoms with Crippen molar-refractivity contribution in [3.05, 3.63) is 54.1 Å². The van der Waals surface area contributed by atoms with Crippen LogP contribution in [0.4, 0.5) is 13.2 Å². The zero-order chi connectivity index (χ0) is 21.9. The highest BCUT2D eigenvalue weighted by Gasteiger charge is 2.54. The zero-order valence-electron chi connectivity index (χ0n) is 16.4. The molecular formula is C20H23F3N4O3. The van der Waals surface area contributed by atoms with Crippen LogP contribution < -0.4 is 5.32 Å². The normalized spacial score (nSPS) is 23.9. The van der Waals surface area contributed by atoms with Crippen LogP contribution in [0, 0.1) is 5.41 Å². The van der Waals surface area contributed by atoms with E-state index >= 15 is 0 Å². The van der Waals surface area contributed by atoms with Gasteiger partial charge in [0.2, 0.25) is 5.91 Å². The number of nitrogens with zero attached hydrogens (tertiary/aromatic N) is 3. The van der Waals surface area contributed by atoms with Crippen molar-refractivity contribution in [2.24, 2.45) is 12.5 Å². The summed E-state index contributed by atoms with van der Waals surface area (Å²) in [6.07, 6.45) is -0.366. The molecule has 2 N–H and O–H groups in total. The summed E-state index contributed by atoms with van der Waals surface area (Å²) in [6.45, 7) is 3.31. The minimum absolute atomic E-state index is 0.216. The minimum Gasteiger partial charge on any atom is -0.475 e. The molecular weight excluding hydrogens is 401 g/mol. The van der Waals surface area contributed by atoms with Crippen molar-refractivity contribution in [3.63, 3.8) is 0 Å². The third-order valence-corrected chi connectivity index (χ3v) is 5.70. The number of rotatable bonds is 3. The summed E-state index contributed by atoms with van der Waals surface area (Å²) in [4.78, 5) is 28.3. The molecule has 3 heterocycles. The van der Waals surface area contributed by atoms with Gasteiger partial charge in [0.15, 0.2) is 0 Å². The SMILES string of the molecule is Cn1ccnc1CN1CCC2(C1)C(=O)NCC2c1ccccc1.O=C(O)C(F)(F)F. The van der Waals surface area contributed by atoms with Gasteiger partial charge in [-0.2, -0.15) is 13.2 Å². The van der Waals surface area contributed by atoms with E-state index in [-0.39, 0.29) is 17.2 Å². The molecule has 4 rings (SSSR count). The van der Waals surface area contributed by atoms with Crippen molar-refractivity contribution in [2.75, 3.05) is 19.6 Å². The van der Waals surface area contributed by atoms with Gasteiger partial charge in [-0.15, -0.1) is 0 Å². The average Bonchev–Trinajstić information content (AvgIpc) is 3.38. The lowest BCUT2D eigenvalue weighted by Gasteiger charge is -2.28. The Labute approximate surface area is 171 Å². The minimum atomic E-state index is -5.08. The summed E-state index contributed by atoms with van der Waals surface area (Å²) in [5.74, 6) is -1.22. The van der Waals surface area contributed by atoms with Crippen molar-refractivity contribution in [1.29, 1.82) is 0 Å². The number of hydrogen-bond donors (Lipinski definition) is 2. The molecule has 2 atom stereocenters. The van der Waals surface area contributed by atoms with Gasteiger partial charge in [0.25, 0.3) is 0 Å². The third kappa shape index (κ3) is 4.48. The van der Waals surface area contributed by atoms with Gasteiger partial charge in [0, 0.05) is 38.4 Å². The topological polar surface area (TPSA) is 87.5 Å². The van der Waals surface area contributed by atoms with Crippen molar-refractivity contribution in [3.8, 4) is 0 Å². The molecule has 2 aliphatic rings. The van der Waals surface area contributed by atoms with Crippen molar-refractivity contribution >= 4 is 11.9 Å². The molecule has 0 aliphatic carbocycles. The van der Waals surface area contributed by atoms with Gasteiger partial charge in [-0.3, -0.25) is 9.69 Å². The molecule has 1 amide bonds. The Bertz CT molecular complexity index is 900. The molecule has 10 heteroatoms. The number of aromatic nitrogens is 2. The lowest BCUT2D eigenvalue weighted by molar-refractivity contribution is -0.192. The monoisotopic (exact) mass is 424 g/mol. The van der Waals surface area contributed by atoms with Crippen LogP contribution in [-0.4, -0.2) is 57.2 Å². The number of carboxylic acid groups (broad SMARTS) is 1. The van der Waals surface area contributed by atoms with E-state index in [2.05, 4.69) is 39.5 Å². The number of aryl methyl sites for hydroxylation is 1. The average molecular weight is 424 g/mol. The second-order valence-corrected chi connectivity index (χ2v) is 7.55.